The summed E-state index contributed by atoms with van der Waals surface area (Å²) in [5.41, 5.74) is 1.62. The Morgan fingerprint density at radius 3 is 3.00 bits per heavy atom. The van der Waals surface area contributed by atoms with Crippen LogP contribution in [0.2, 0.25) is 0 Å². The Morgan fingerprint density at radius 1 is 1.38 bits per heavy atom. The molecule has 1 aliphatic heterocycles. The maximum absolute atomic E-state index is 12.6. The van der Waals surface area contributed by atoms with Gasteiger partial charge in [0, 0.05) is 13.5 Å². The van der Waals surface area contributed by atoms with Crippen LogP contribution in [-0.2, 0) is 34.8 Å². The number of benzene rings is 1. The van der Waals surface area contributed by atoms with Crippen molar-refractivity contribution in [3.8, 4) is 0 Å². The molecule has 0 saturated carbocycles. The van der Waals surface area contributed by atoms with Gasteiger partial charge in [-0.2, -0.15) is 0 Å². The normalized spacial score (nSPS) is 14.7. The number of nitrogens with one attached hydrogen (secondary N) is 1. The van der Waals surface area contributed by atoms with Gasteiger partial charge in [-0.05, 0) is 18.2 Å². The topological polar surface area (TPSA) is 103 Å². The molecule has 0 amide bonds. The van der Waals surface area contributed by atoms with Crippen molar-refractivity contribution in [1.82, 2.24) is 9.55 Å². The summed E-state index contributed by atoms with van der Waals surface area (Å²) in [7, 11) is -2.29. The van der Waals surface area contributed by atoms with Crippen molar-refractivity contribution in [1.29, 1.82) is 0 Å². The van der Waals surface area contributed by atoms with E-state index in [1.807, 2.05) is 0 Å². The van der Waals surface area contributed by atoms with Gasteiger partial charge >= 0.3 is 5.76 Å². The first kappa shape index (κ1) is 15.4. The van der Waals surface area contributed by atoms with E-state index in [0.29, 0.717) is 35.9 Å². The molecular formula is C14H13N3O5S2. The lowest BCUT2D eigenvalue weighted by atomic mass is 10.2. The average Bonchev–Trinajstić information content (AvgIpc) is 3.07. The number of aryl methyl sites for hydroxylation is 1. The van der Waals surface area contributed by atoms with Gasteiger partial charge in [0.25, 0.3) is 10.0 Å². The number of anilines is 1. The number of hydrogen-bond acceptors (Lipinski definition) is 7. The quantitative estimate of drug-likeness (QED) is 0.752. The summed E-state index contributed by atoms with van der Waals surface area (Å²) in [4.78, 5) is 16.8. The molecule has 0 bridgehead atoms. The van der Waals surface area contributed by atoms with Gasteiger partial charge in [-0.15, -0.1) is 0 Å². The van der Waals surface area contributed by atoms with Gasteiger partial charge in [-0.3, -0.25) is 9.29 Å². The van der Waals surface area contributed by atoms with Crippen LogP contribution in [0.4, 0.5) is 5.13 Å². The molecule has 4 rings (SSSR count). The number of ether oxygens (including phenoxy) is 1. The highest BCUT2D eigenvalue weighted by molar-refractivity contribution is 7.93. The minimum absolute atomic E-state index is 0.0378. The van der Waals surface area contributed by atoms with E-state index >= 15 is 0 Å². The highest BCUT2D eigenvalue weighted by atomic mass is 32.2. The van der Waals surface area contributed by atoms with Crippen LogP contribution in [0, 0.1) is 0 Å². The zero-order chi connectivity index (χ0) is 16.9. The third-order valence-corrected chi connectivity index (χ3v) is 6.24. The van der Waals surface area contributed by atoms with E-state index in [4.69, 9.17) is 9.15 Å². The van der Waals surface area contributed by atoms with E-state index < -0.39 is 15.8 Å². The molecule has 3 heterocycles. The summed E-state index contributed by atoms with van der Waals surface area (Å²) in [5.74, 6) is -0.542. The van der Waals surface area contributed by atoms with Crippen molar-refractivity contribution >= 4 is 37.6 Å². The lowest BCUT2D eigenvalue weighted by Crippen LogP contribution is -2.13. The fourth-order valence-electron chi connectivity index (χ4n) is 2.52. The first-order chi connectivity index (χ1) is 11.4. The molecule has 0 fully saturated rings. The number of oxazole rings is 1. The van der Waals surface area contributed by atoms with Crippen molar-refractivity contribution in [2.24, 2.45) is 7.05 Å². The van der Waals surface area contributed by atoms with Crippen molar-refractivity contribution < 1.29 is 17.6 Å². The van der Waals surface area contributed by atoms with Crippen LogP contribution in [0.25, 0.3) is 11.1 Å². The van der Waals surface area contributed by atoms with Gasteiger partial charge in [-0.1, -0.05) is 11.3 Å². The molecule has 0 aliphatic carbocycles. The molecule has 0 radical (unpaired) electrons. The predicted molar refractivity (Wildman–Crippen MR) is 87.7 cm³/mol. The number of sulfonamides is 1. The van der Waals surface area contributed by atoms with Gasteiger partial charge < -0.3 is 9.15 Å². The lowest BCUT2D eigenvalue weighted by molar-refractivity contribution is 0.112. The fraction of sp³-hybridized carbons (Fsp3) is 0.286. The van der Waals surface area contributed by atoms with Crippen molar-refractivity contribution in [2.75, 3.05) is 11.3 Å². The fourth-order valence-corrected chi connectivity index (χ4v) is 4.72. The third kappa shape index (κ3) is 2.52. The van der Waals surface area contributed by atoms with Crippen LogP contribution >= 0.6 is 11.3 Å². The van der Waals surface area contributed by atoms with E-state index in [-0.39, 0.29) is 4.90 Å². The first-order valence-corrected chi connectivity index (χ1v) is 9.43. The van der Waals surface area contributed by atoms with Crippen LogP contribution in [0.5, 0.6) is 0 Å². The monoisotopic (exact) mass is 367 g/mol. The molecule has 1 aliphatic rings. The van der Waals surface area contributed by atoms with Crippen LogP contribution in [0.15, 0.2) is 32.3 Å². The Kier molecular flexibility index (Phi) is 3.48. The second kappa shape index (κ2) is 5.43. The summed E-state index contributed by atoms with van der Waals surface area (Å²) in [6.45, 7) is 1.05. The Labute approximate surface area is 140 Å². The van der Waals surface area contributed by atoms with Crippen LogP contribution in [0.1, 0.15) is 10.6 Å². The highest BCUT2D eigenvalue weighted by Crippen LogP contribution is 2.29. The zero-order valence-corrected chi connectivity index (χ0v) is 14.2. The van der Waals surface area contributed by atoms with E-state index in [1.54, 1.807) is 0 Å². The summed E-state index contributed by atoms with van der Waals surface area (Å²) < 4.78 is 39.3. The van der Waals surface area contributed by atoms with Crippen molar-refractivity contribution in [3.05, 3.63) is 39.3 Å². The number of aromatic nitrogens is 2. The molecule has 8 nitrogen and oxygen atoms in total. The molecule has 1 aromatic carbocycles. The Balaban J connectivity index is 1.70. The van der Waals surface area contributed by atoms with E-state index in [1.165, 1.54) is 41.2 Å². The van der Waals surface area contributed by atoms with Gasteiger partial charge in [0.2, 0.25) is 0 Å². The first-order valence-electron chi connectivity index (χ1n) is 7.13. The molecule has 2 aromatic heterocycles. The molecule has 3 aromatic rings. The van der Waals surface area contributed by atoms with Crippen LogP contribution in [-0.4, -0.2) is 24.6 Å². The zero-order valence-electron chi connectivity index (χ0n) is 12.6. The molecule has 10 heteroatoms. The Morgan fingerprint density at radius 2 is 2.21 bits per heavy atom. The van der Waals surface area contributed by atoms with Crippen molar-refractivity contribution in [2.45, 2.75) is 17.9 Å². The molecule has 24 heavy (non-hydrogen) atoms. The molecule has 0 saturated heterocycles. The highest BCUT2D eigenvalue weighted by Gasteiger charge is 2.21. The molecule has 126 valence electrons. The van der Waals surface area contributed by atoms with Crippen molar-refractivity contribution in [3.63, 3.8) is 0 Å². The largest absolute Gasteiger partial charge is 0.419 e. The predicted octanol–water partition coefficient (Wildman–Crippen LogP) is 1.46. The van der Waals surface area contributed by atoms with Crippen LogP contribution in [0.3, 0.4) is 0 Å². The summed E-state index contributed by atoms with van der Waals surface area (Å²) in [6, 6.07) is 4.26. The van der Waals surface area contributed by atoms with E-state index in [2.05, 4.69) is 9.71 Å². The smallest absolute Gasteiger partial charge is 0.408 e. The molecule has 1 N–H and O–H groups in total. The maximum Gasteiger partial charge on any atom is 0.419 e. The summed E-state index contributed by atoms with van der Waals surface area (Å²) in [5, 5.41) is 0.312. The van der Waals surface area contributed by atoms with Crippen LogP contribution < -0.4 is 10.5 Å². The summed E-state index contributed by atoms with van der Waals surface area (Å²) in [6.07, 6.45) is 0.677. The lowest BCUT2D eigenvalue weighted by Gasteiger charge is -2.08. The van der Waals surface area contributed by atoms with Gasteiger partial charge in [-0.25, -0.2) is 18.2 Å². The Hall–Kier alpha value is -2.17. The van der Waals surface area contributed by atoms with Gasteiger partial charge in [0.1, 0.15) is 0 Å². The molecule has 0 spiro atoms. The average molecular weight is 367 g/mol. The molecule has 0 atom stereocenters. The number of rotatable bonds is 3. The number of nitrogens with zero attached hydrogens (tertiary/aromatic N) is 2. The minimum atomic E-state index is -3.81. The molecule has 0 unspecified atom stereocenters. The van der Waals surface area contributed by atoms with E-state index in [0.717, 1.165) is 10.6 Å². The number of hydrogen-bond donors (Lipinski definition) is 1. The maximum atomic E-state index is 12.6. The van der Waals surface area contributed by atoms with Gasteiger partial charge in [0.05, 0.1) is 34.2 Å². The second-order valence-corrected chi connectivity index (χ2v) is 8.12. The second-order valence-electron chi connectivity index (χ2n) is 5.35. The standard InChI is InChI=1S/C14H13N3O5S2/c1-17-10-6-8(2-3-11(10)22-14(17)18)24(19,20)16-13-15-9-4-5-21-7-12(9)23-13/h2-3,6H,4-5,7H2,1H3,(H,15,16). The van der Waals surface area contributed by atoms with Gasteiger partial charge in [0.15, 0.2) is 10.7 Å². The SMILES string of the molecule is Cn1c(=O)oc2ccc(S(=O)(=O)Nc3nc4c(s3)COCC4)cc21. The number of thiazole rings is 1. The number of fused-ring (bicyclic) bond motifs is 2. The van der Waals surface area contributed by atoms with E-state index in [9.17, 15) is 13.2 Å². The summed E-state index contributed by atoms with van der Waals surface area (Å²) >= 11 is 1.27. The minimum Gasteiger partial charge on any atom is -0.408 e. The Bertz CT molecular complexity index is 1070. The third-order valence-electron chi connectivity index (χ3n) is 3.79. The molecular weight excluding hydrogens is 354 g/mol.